The molecule has 0 bridgehead atoms. The van der Waals surface area contributed by atoms with Crippen LogP contribution in [0.1, 0.15) is 25.8 Å². The molecule has 1 aromatic rings. The SMILES string of the molecule is CC(C)(O)CCNCCc1cc(F)cc(F)c1. The van der Waals surface area contributed by atoms with Crippen molar-refractivity contribution < 1.29 is 13.9 Å². The molecule has 2 N–H and O–H groups in total. The average molecular weight is 243 g/mol. The molecule has 96 valence electrons. The standard InChI is InChI=1S/C13H19F2NO/c1-13(2,17)4-6-16-5-3-10-7-11(14)9-12(15)8-10/h7-9,16-17H,3-6H2,1-2H3. The molecule has 0 radical (unpaired) electrons. The molecule has 0 spiro atoms. The number of aliphatic hydroxyl groups is 1. The lowest BCUT2D eigenvalue weighted by atomic mass is 10.1. The zero-order chi connectivity index (χ0) is 12.9. The number of hydrogen-bond acceptors (Lipinski definition) is 2. The van der Waals surface area contributed by atoms with Crippen LogP contribution in [0, 0.1) is 11.6 Å². The van der Waals surface area contributed by atoms with Gasteiger partial charge in [0.2, 0.25) is 0 Å². The van der Waals surface area contributed by atoms with E-state index in [0.717, 1.165) is 6.07 Å². The third kappa shape index (κ3) is 6.34. The van der Waals surface area contributed by atoms with Crippen molar-refractivity contribution in [2.24, 2.45) is 0 Å². The van der Waals surface area contributed by atoms with E-state index in [0.29, 0.717) is 31.5 Å². The van der Waals surface area contributed by atoms with Crippen LogP contribution in [0.2, 0.25) is 0 Å². The van der Waals surface area contributed by atoms with Crippen molar-refractivity contribution in [3.05, 3.63) is 35.4 Å². The molecule has 0 aromatic heterocycles. The Morgan fingerprint density at radius 2 is 1.71 bits per heavy atom. The van der Waals surface area contributed by atoms with E-state index in [1.165, 1.54) is 12.1 Å². The highest BCUT2D eigenvalue weighted by Gasteiger charge is 2.10. The lowest BCUT2D eigenvalue weighted by Crippen LogP contribution is -2.27. The average Bonchev–Trinajstić information content (AvgIpc) is 2.13. The Bertz CT molecular complexity index is 341. The van der Waals surface area contributed by atoms with Crippen LogP contribution in [0.5, 0.6) is 0 Å². The predicted octanol–water partition coefficient (Wildman–Crippen LogP) is 2.26. The summed E-state index contributed by atoms with van der Waals surface area (Å²) in [6, 6.07) is 3.53. The van der Waals surface area contributed by atoms with Gasteiger partial charge in [-0.2, -0.15) is 0 Å². The maximum atomic E-state index is 12.9. The summed E-state index contributed by atoms with van der Waals surface area (Å²) in [5.74, 6) is -1.09. The van der Waals surface area contributed by atoms with E-state index in [1.54, 1.807) is 13.8 Å². The second kappa shape index (κ2) is 6.07. The van der Waals surface area contributed by atoms with E-state index < -0.39 is 17.2 Å². The molecule has 1 aromatic carbocycles. The molecule has 0 unspecified atom stereocenters. The molecule has 17 heavy (non-hydrogen) atoms. The van der Waals surface area contributed by atoms with E-state index in [4.69, 9.17) is 0 Å². The van der Waals surface area contributed by atoms with E-state index in [2.05, 4.69) is 5.32 Å². The van der Waals surface area contributed by atoms with Gasteiger partial charge in [-0.05, 0) is 57.5 Å². The van der Waals surface area contributed by atoms with E-state index in [9.17, 15) is 13.9 Å². The maximum Gasteiger partial charge on any atom is 0.126 e. The highest BCUT2D eigenvalue weighted by atomic mass is 19.1. The van der Waals surface area contributed by atoms with Crippen molar-refractivity contribution >= 4 is 0 Å². The minimum Gasteiger partial charge on any atom is -0.390 e. The molecule has 0 aliphatic heterocycles. The van der Waals surface area contributed by atoms with Crippen LogP contribution >= 0.6 is 0 Å². The Labute approximate surface area is 101 Å². The van der Waals surface area contributed by atoms with Crippen LogP contribution in [0.25, 0.3) is 0 Å². The first-order chi connectivity index (χ1) is 7.87. The summed E-state index contributed by atoms with van der Waals surface area (Å²) in [6.45, 7) is 4.81. The molecule has 4 heteroatoms. The third-order valence-corrected chi connectivity index (χ3v) is 2.43. The van der Waals surface area contributed by atoms with Crippen molar-refractivity contribution in [1.29, 1.82) is 0 Å². The summed E-state index contributed by atoms with van der Waals surface area (Å²) in [4.78, 5) is 0. The fraction of sp³-hybridized carbons (Fsp3) is 0.538. The Hall–Kier alpha value is -1.00. The van der Waals surface area contributed by atoms with Gasteiger partial charge in [0, 0.05) is 6.07 Å². The van der Waals surface area contributed by atoms with Gasteiger partial charge in [-0.15, -0.1) is 0 Å². The van der Waals surface area contributed by atoms with Crippen molar-refractivity contribution in [1.82, 2.24) is 5.32 Å². The lowest BCUT2D eigenvalue weighted by Gasteiger charge is -2.16. The summed E-state index contributed by atoms with van der Waals surface area (Å²) in [5.41, 5.74) is -0.0453. The monoisotopic (exact) mass is 243 g/mol. The number of rotatable bonds is 6. The third-order valence-electron chi connectivity index (χ3n) is 2.43. The van der Waals surface area contributed by atoms with Gasteiger partial charge in [-0.3, -0.25) is 0 Å². The fourth-order valence-corrected chi connectivity index (χ4v) is 1.51. The maximum absolute atomic E-state index is 12.9. The van der Waals surface area contributed by atoms with Gasteiger partial charge >= 0.3 is 0 Å². The van der Waals surface area contributed by atoms with Gasteiger partial charge in [0.1, 0.15) is 11.6 Å². The summed E-state index contributed by atoms with van der Waals surface area (Å²) in [7, 11) is 0. The smallest absolute Gasteiger partial charge is 0.126 e. The van der Waals surface area contributed by atoms with Crippen LogP contribution in [0.4, 0.5) is 8.78 Å². The molecule has 2 nitrogen and oxygen atoms in total. The fourth-order valence-electron chi connectivity index (χ4n) is 1.51. The van der Waals surface area contributed by atoms with Crippen LogP contribution in [-0.4, -0.2) is 23.8 Å². The van der Waals surface area contributed by atoms with E-state index in [1.807, 2.05) is 0 Å². The predicted molar refractivity (Wildman–Crippen MR) is 63.8 cm³/mol. The van der Waals surface area contributed by atoms with Gasteiger partial charge < -0.3 is 10.4 Å². The molecule has 0 atom stereocenters. The van der Waals surface area contributed by atoms with Crippen molar-refractivity contribution in [2.75, 3.05) is 13.1 Å². The van der Waals surface area contributed by atoms with Gasteiger partial charge in [0.15, 0.2) is 0 Å². The quantitative estimate of drug-likeness (QED) is 0.751. The molecule has 0 fully saturated rings. The molecular formula is C13H19F2NO. The highest BCUT2D eigenvalue weighted by molar-refractivity contribution is 5.18. The number of nitrogens with one attached hydrogen (secondary N) is 1. The molecule has 0 amide bonds. The summed E-state index contributed by atoms with van der Waals surface area (Å²) in [5, 5.41) is 12.6. The minimum absolute atomic E-state index is 0.545. The first kappa shape index (κ1) is 14.1. The minimum atomic E-state index is -0.683. The van der Waals surface area contributed by atoms with Gasteiger partial charge in [0.25, 0.3) is 0 Å². The molecule has 0 aliphatic rings. The van der Waals surface area contributed by atoms with Crippen LogP contribution in [0.15, 0.2) is 18.2 Å². The second-order valence-electron chi connectivity index (χ2n) is 4.84. The molecule has 0 saturated carbocycles. The zero-order valence-corrected chi connectivity index (χ0v) is 10.3. The van der Waals surface area contributed by atoms with Crippen LogP contribution in [-0.2, 0) is 6.42 Å². The largest absolute Gasteiger partial charge is 0.390 e. The number of hydrogen-bond donors (Lipinski definition) is 2. The zero-order valence-electron chi connectivity index (χ0n) is 10.3. The Kier molecular flexibility index (Phi) is 5.02. The molecular weight excluding hydrogens is 224 g/mol. The van der Waals surface area contributed by atoms with Crippen molar-refractivity contribution in [3.63, 3.8) is 0 Å². The summed E-state index contributed by atoms with van der Waals surface area (Å²) in [6.07, 6.45) is 1.21. The molecule has 0 aliphatic carbocycles. The Morgan fingerprint density at radius 1 is 1.12 bits per heavy atom. The Morgan fingerprint density at radius 3 is 2.24 bits per heavy atom. The Balaban J connectivity index is 2.27. The second-order valence-corrected chi connectivity index (χ2v) is 4.84. The van der Waals surface area contributed by atoms with E-state index in [-0.39, 0.29) is 0 Å². The van der Waals surface area contributed by atoms with Crippen molar-refractivity contribution in [3.8, 4) is 0 Å². The van der Waals surface area contributed by atoms with Gasteiger partial charge in [0.05, 0.1) is 5.60 Å². The number of benzene rings is 1. The van der Waals surface area contributed by atoms with E-state index >= 15 is 0 Å². The highest BCUT2D eigenvalue weighted by Crippen LogP contribution is 2.08. The molecule has 1 rings (SSSR count). The van der Waals surface area contributed by atoms with Crippen LogP contribution in [0.3, 0.4) is 0 Å². The van der Waals surface area contributed by atoms with Gasteiger partial charge in [-0.1, -0.05) is 0 Å². The first-order valence-corrected chi connectivity index (χ1v) is 5.75. The van der Waals surface area contributed by atoms with Gasteiger partial charge in [-0.25, -0.2) is 8.78 Å². The molecule has 0 heterocycles. The number of halogens is 2. The van der Waals surface area contributed by atoms with Crippen LogP contribution < -0.4 is 5.32 Å². The van der Waals surface area contributed by atoms with Crippen molar-refractivity contribution in [2.45, 2.75) is 32.3 Å². The summed E-state index contributed by atoms with van der Waals surface area (Å²) >= 11 is 0. The molecule has 0 saturated heterocycles. The lowest BCUT2D eigenvalue weighted by molar-refractivity contribution is 0.0713. The summed E-state index contributed by atoms with van der Waals surface area (Å²) < 4.78 is 25.7. The normalized spacial score (nSPS) is 11.8. The topological polar surface area (TPSA) is 32.3 Å². The first-order valence-electron chi connectivity index (χ1n) is 5.75.